The van der Waals surface area contributed by atoms with Gasteiger partial charge in [-0.15, -0.1) is 0 Å². The quantitative estimate of drug-likeness (QED) is 0.855. The minimum absolute atomic E-state index is 0.00190. The summed E-state index contributed by atoms with van der Waals surface area (Å²) in [6, 6.07) is 5.27. The van der Waals surface area contributed by atoms with Gasteiger partial charge in [0.15, 0.2) is 0 Å². The van der Waals surface area contributed by atoms with E-state index in [2.05, 4.69) is 15.9 Å². The molecule has 0 aromatic heterocycles. The van der Waals surface area contributed by atoms with E-state index in [1.54, 1.807) is 25.3 Å². The summed E-state index contributed by atoms with van der Waals surface area (Å²) in [5, 5.41) is 9.14. The van der Waals surface area contributed by atoms with Crippen molar-refractivity contribution < 1.29 is 14.6 Å². The average Bonchev–Trinajstić information content (AvgIpc) is 2.27. The van der Waals surface area contributed by atoms with Crippen LogP contribution in [-0.4, -0.2) is 18.0 Å². The van der Waals surface area contributed by atoms with Crippen molar-refractivity contribution in [3.63, 3.8) is 0 Å². The van der Waals surface area contributed by atoms with Gasteiger partial charge < -0.3 is 9.84 Å². The van der Waals surface area contributed by atoms with E-state index in [1.165, 1.54) is 6.92 Å². The van der Waals surface area contributed by atoms with Crippen molar-refractivity contribution in [3.05, 3.63) is 29.3 Å². The number of carbonyl (C=O) groups is 1. The first-order valence-electron chi connectivity index (χ1n) is 4.52. The second-order valence-electron chi connectivity index (χ2n) is 3.20. The van der Waals surface area contributed by atoms with Gasteiger partial charge in [0.25, 0.3) is 0 Å². The SMILES string of the molecule is COc1ccc(CO)c(C(Br)C(C)=O)c1. The highest BCUT2D eigenvalue weighted by atomic mass is 79.9. The van der Waals surface area contributed by atoms with Crippen LogP contribution >= 0.6 is 15.9 Å². The molecule has 1 N–H and O–H groups in total. The minimum atomic E-state index is -0.394. The van der Waals surface area contributed by atoms with Crippen LogP contribution in [0.2, 0.25) is 0 Å². The Morgan fingerprint density at radius 2 is 2.27 bits per heavy atom. The van der Waals surface area contributed by atoms with E-state index in [0.717, 1.165) is 11.1 Å². The van der Waals surface area contributed by atoms with E-state index in [-0.39, 0.29) is 12.4 Å². The Labute approximate surface area is 97.2 Å². The number of carbonyl (C=O) groups excluding carboxylic acids is 1. The summed E-state index contributed by atoms with van der Waals surface area (Å²) in [5.41, 5.74) is 1.48. The molecule has 0 saturated heterocycles. The standard InChI is InChI=1S/C11H13BrO3/c1-7(14)11(12)10-5-9(15-2)4-3-8(10)6-13/h3-5,11,13H,6H2,1-2H3. The molecular formula is C11H13BrO3. The Morgan fingerprint density at radius 3 is 2.73 bits per heavy atom. The maximum atomic E-state index is 11.2. The van der Waals surface area contributed by atoms with Crippen molar-refractivity contribution in [2.45, 2.75) is 18.4 Å². The molecule has 1 aromatic carbocycles. The predicted molar refractivity (Wildman–Crippen MR) is 61.3 cm³/mol. The number of hydrogen-bond acceptors (Lipinski definition) is 3. The molecule has 0 bridgehead atoms. The number of alkyl halides is 1. The van der Waals surface area contributed by atoms with Crippen LogP contribution in [-0.2, 0) is 11.4 Å². The highest BCUT2D eigenvalue weighted by molar-refractivity contribution is 9.09. The van der Waals surface area contributed by atoms with Gasteiger partial charge in [-0.25, -0.2) is 0 Å². The number of methoxy groups -OCH3 is 1. The zero-order valence-corrected chi connectivity index (χ0v) is 10.2. The molecular weight excluding hydrogens is 260 g/mol. The molecule has 0 radical (unpaired) electrons. The first kappa shape index (κ1) is 12.2. The van der Waals surface area contributed by atoms with E-state index in [0.29, 0.717) is 5.75 Å². The van der Waals surface area contributed by atoms with Gasteiger partial charge in [-0.1, -0.05) is 22.0 Å². The van der Waals surface area contributed by atoms with Gasteiger partial charge in [0.2, 0.25) is 0 Å². The molecule has 3 nitrogen and oxygen atoms in total. The van der Waals surface area contributed by atoms with Gasteiger partial charge >= 0.3 is 0 Å². The maximum absolute atomic E-state index is 11.2. The molecule has 1 unspecified atom stereocenters. The number of ether oxygens (including phenoxy) is 1. The number of Topliss-reactive ketones (excluding diaryl/α,β-unsaturated/α-hetero) is 1. The molecule has 15 heavy (non-hydrogen) atoms. The van der Waals surface area contributed by atoms with E-state index in [9.17, 15) is 4.79 Å². The van der Waals surface area contributed by atoms with Crippen LogP contribution in [0.1, 0.15) is 22.9 Å². The number of aliphatic hydroxyl groups is 1. The van der Waals surface area contributed by atoms with E-state index in [4.69, 9.17) is 9.84 Å². The molecule has 1 atom stereocenters. The zero-order chi connectivity index (χ0) is 11.4. The number of ketones is 1. The predicted octanol–water partition coefficient (Wildman–Crippen LogP) is 2.21. The van der Waals surface area contributed by atoms with Crippen molar-refractivity contribution in [2.75, 3.05) is 7.11 Å². The van der Waals surface area contributed by atoms with Crippen LogP contribution in [0.5, 0.6) is 5.75 Å². The molecule has 4 heteroatoms. The van der Waals surface area contributed by atoms with E-state index < -0.39 is 4.83 Å². The molecule has 0 aliphatic rings. The fourth-order valence-corrected chi connectivity index (χ4v) is 1.73. The Kier molecular flexibility index (Phi) is 4.29. The van der Waals surface area contributed by atoms with Crippen molar-refractivity contribution in [1.29, 1.82) is 0 Å². The summed E-state index contributed by atoms with van der Waals surface area (Å²) < 4.78 is 5.07. The highest BCUT2D eigenvalue weighted by Gasteiger charge is 2.16. The third-order valence-corrected chi connectivity index (χ3v) is 3.29. The Bertz CT molecular complexity index is 363. The number of benzene rings is 1. The minimum Gasteiger partial charge on any atom is -0.497 e. The van der Waals surface area contributed by atoms with Crippen LogP contribution in [0.3, 0.4) is 0 Å². The van der Waals surface area contributed by atoms with Crippen LogP contribution in [0, 0.1) is 0 Å². The van der Waals surface area contributed by atoms with Crippen LogP contribution in [0.4, 0.5) is 0 Å². The lowest BCUT2D eigenvalue weighted by atomic mass is 10.0. The largest absolute Gasteiger partial charge is 0.497 e. The lowest BCUT2D eigenvalue weighted by Gasteiger charge is -2.12. The molecule has 0 aliphatic heterocycles. The van der Waals surface area contributed by atoms with Gasteiger partial charge in [-0.2, -0.15) is 0 Å². The van der Waals surface area contributed by atoms with Gasteiger partial charge in [0, 0.05) is 0 Å². The fraction of sp³-hybridized carbons (Fsp3) is 0.364. The molecule has 1 rings (SSSR count). The Hall–Kier alpha value is -0.870. The van der Waals surface area contributed by atoms with Gasteiger partial charge in [0.1, 0.15) is 11.5 Å². The zero-order valence-electron chi connectivity index (χ0n) is 8.66. The van der Waals surface area contributed by atoms with Gasteiger partial charge in [-0.3, -0.25) is 4.79 Å². The van der Waals surface area contributed by atoms with Crippen molar-refractivity contribution >= 4 is 21.7 Å². The first-order chi connectivity index (χ1) is 7.10. The van der Waals surface area contributed by atoms with Crippen molar-refractivity contribution in [2.24, 2.45) is 0 Å². The van der Waals surface area contributed by atoms with Crippen molar-refractivity contribution in [1.82, 2.24) is 0 Å². The number of halogens is 1. The molecule has 82 valence electrons. The van der Waals surface area contributed by atoms with Gasteiger partial charge in [0.05, 0.1) is 18.5 Å². The summed E-state index contributed by atoms with van der Waals surface area (Å²) in [4.78, 5) is 10.8. The fourth-order valence-electron chi connectivity index (χ4n) is 1.30. The molecule has 0 spiro atoms. The Morgan fingerprint density at radius 1 is 1.60 bits per heavy atom. The number of rotatable bonds is 4. The molecule has 0 amide bonds. The normalized spacial score (nSPS) is 12.3. The topological polar surface area (TPSA) is 46.5 Å². The van der Waals surface area contributed by atoms with Gasteiger partial charge in [-0.05, 0) is 30.2 Å². The third-order valence-electron chi connectivity index (χ3n) is 2.15. The van der Waals surface area contributed by atoms with Crippen LogP contribution < -0.4 is 4.74 Å². The smallest absolute Gasteiger partial charge is 0.147 e. The molecule has 0 fully saturated rings. The van der Waals surface area contributed by atoms with E-state index >= 15 is 0 Å². The Balaban J connectivity index is 3.16. The van der Waals surface area contributed by atoms with Crippen LogP contribution in [0.25, 0.3) is 0 Å². The molecule has 0 saturated carbocycles. The summed E-state index contributed by atoms with van der Waals surface area (Å²) >= 11 is 3.29. The van der Waals surface area contributed by atoms with Crippen molar-refractivity contribution in [3.8, 4) is 5.75 Å². The number of hydrogen-bond donors (Lipinski definition) is 1. The molecule has 0 heterocycles. The summed E-state index contributed by atoms with van der Waals surface area (Å²) in [7, 11) is 1.56. The third kappa shape index (κ3) is 2.79. The average molecular weight is 273 g/mol. The molecule has 0 aliphatic carbocycles. The summed E-state index contributed by atoms with van der Waals surface area (Å²) in [6.07, 6.45) is 0. The summed E-state index contributed by atoms with van der Waals surface area (Å²) in [5.74, 6) is 0.672. The maximum Gasteiger partial charge on any atom is 0.147 e. The van der Waals surface area contributed by atoms with Crippen LogP contribution in [0.15, 0.2) is 18.2 Å². The lowest BCUT2D eigenvalue weighted by molar-refractivity contribution is -0.116. The first-order valence-corrected chi connectivity index (χ1v) is 5.44. The lowest BCUT2D eigenvalue weighted by Crippen LogP contribution is -2.05. The molecule has 1 aromatic rings. The number of aliphatic hydroxyl groups excluding tert-OH is 1. The second kappa shape index (κ2) is 5.28. The highest BCUT2D eigenvalue weighted by Crippen LogP contribution is 2.30. The second-order valence-corrected chi connectivity index (χ2v) is 4.11. The summed E-state index contributed by atoms with van der Waals surface area (Å²) in [6.45, 7) is 1.41. The van der Waals surface area contributed by atoms with E-state index in [1.807, 2.05) is 0 Å². The monoisotopic (exact) mass is 272 g/mol.